The molecular formula is C21H27N3O5S. The molecule has 0 aliphatic carbocycles. The van der Waals surface area contributed by atoms with E-state index in [9.17, 15) is 18.0 Å². The van der Waals surface area contributed by atoms with E-state index in [1.54, 1.807) is 30.3 Å². The van der Waals surface area contributed by atoms with Gasteiger partial charge >= 0.3 is 0 Å². The fourth-order valence-electron chi connectivity index (χ4n) is 3.48. The van der Waals surface area contributed by atoms with Gasteiger partial charge in [-0.15, -0.1) is 0 Å². The minimum Gasteiger partial charge on any atom is -0.459 e. The predicted octanol–water partition coefficient (Wildman–Crippen LogP) is 2.74. The van der Waals surface area contributed by atoms with E-state index in [-0.39, 0.29) is 29.9 Å². The van der Waals surface area contributed by atoms with Crippen molar-refractivity contribution in [1.82, 2.24) is 9.62 Å². The van der Waals surface area contributed by atoms with E-state index in [1.807, 2.05) is 13.0 Å². The molecule has 3 rings (SSSR count). The highest BCUT2D eigenvalue weighted by Gasteiger charge is 2.37. The van der Waals surface area contributed by atoms with Crippen LogP contribution in [0.25, 0.3) is 0 Å². The number of hydrogen-bond donors (Lipinski definition) is 2. The summed E-state index contributed by atoms with van der Waals surface area (Å²) >= 11 is 0. The van der Waals surface area contributed by atoms with Crippen molar-refractivity contribution >= 4 is 27.5 Å². The smallest absolute Gasteiger partial charge is 0.291 e. The summed E-state index contributed by atoms with van der Waals surface area (Å²) in [5.74, 6) is -0.348. The number of hydrogen-bond acceptors (Lipinski definition) is 5. The first kappa shape index (κ1) is 22.0. The van der Waals surface area contributed by atoms with Crippen molar-refractivity contribution in [3.05, 3.63) is 54.0 Å². The van der Waals surface area contributed by atoms with Gasteiger partial charge in [0.1, 0.15) is 6.04 Å². The van der Waals surface area contributed by atoms with Crippen molar-refractivity contribution in [2.75, 3.05) is 17.6 Å². The molecule has 30 heavy (non-hydrogen) atoms. The molecule has 9 heteroatoms. The Balaban J connectivity index is 1.63. The monoisotopic (exact) mass is 433 g/mol. The van der Waals surface area contributed by atoms with Gasteiger partial charge in [-0.05, 0) is 42.7 Å². The van der Waals surface area contributed by atoms with Crippen molar-refractivity contribution in [3.63, 3.8) is 0 Å². The second kappa shape index (κ2) is 9.90. The molecule has 0 radical (unpaired) electrons. The third-order valence-electron chi connectivity index (χ3n) is 5.02. The summed E-state index contributed by atoms with van der Waals surface area (Å²) in [5.41, 5.74) is 1.37. The van der Waals surface area contributed by atoms with Crippen LogP contribution >= 0.6 is 0 Å². The van der Waals surface area contributed by atoms with Gasteiger partial charge in [-0.25, -0.2) is 8.42 Å². The lowest BCUT2D eigenvalue weighted by molar-refractivity contribution is -0.125. The molecule has 2 N–H and O–H groups in total. The van der Waals surface area contributed by atoms with Gasteiger partial charge in [0.25, 0.3) is 5.91 Å². The van der Waals surface area contributed by atoms with Crippen LogP contribution in [0.15, 0.2) is 47.1 Å². The highest BCUT2D eigenvalue weighted by molar-refractivity contribution is 7.89. The summed E-state index contributed by atoms with van der Waals surface area (Å²) < 4.78 is 31.0. The minimum absolute atomic E-state index is 0.0975. The molecule has 1 aliphatic rings. The van der Waals surface area contributed by atoms with E-state index in [2.05, 4.69) is 10.6 Å². The molecule has 0 bridgehead atoms. The van der Waals surface area contributed by atoms with Gasteiger partial charge in [-0.3, -0.25) is 9.59 Å². The summed E-state index contributed by atoms with van der Waals surface area (Å²) in [6.07, 6.45) is 4.14. The quantitative estimate of drug-likeness (QED) is 0.632. The first-order valence-corrected chi connectivity index (χ1v) is 11.7. The van der Waals surface area contributed by atoms with Crippen molar-refractivity contribution in [3.8, 4) is 0 Å². The van der Waals surface area contributed by atoms with Crippen LogP contribution in [0.4, 0.5) is 5.69 Å². The standard InChI is InChI=1S/C21H27N3O5S/c1-2-3-9-18(24-11-6-13-30(24,27)28)20(25)22-15-16-7-4-8-17(14-16)23-21(26)19-10-5-12-29-19/h4-5,7-8,10,12,14,18H,2-3,6,9,11,13,15H2,1H3,(H,22,25)(H,23,26). The Morgan fingerprint density at radius 3 is 2.73 bits per heavy atom. The molecule has 1 aromatic carbocycles. The molecule has 2 amide bonds. The first-order valence-electron chi connectivity index (χ1n) is 10.1. The third-order valence-corrected chi connectivity index (χ3v) is 6.97. The largest absolute Gasteiger partial charge is 0.459 e. The summed E-state index contributed by atoms with van der Waals surface area (Å²) in [5, 5.41) is 5.60. The molecule has 1 aromatic heterocycles. The Labute approximate surface area is 176 Å². The molecule has 1 aliphatic heterocycles. The number of nitrogens with one attached hydrogen (secondary N) is 2. The molecule has 1 saturated heterocycles. The van der Waals surface area contributed by atoms with Gasteiger partial charge in [-0.1, -0.05) is 31.9 Å². The van der Waals surface area contributed by atoms with Gasteiger partial charge in [0.05, 0.1) is 12.0 Å². The van der Waals surface area contributed by atoms with E-state index in [0.717, 1.165) is 18.4 Å². The topological polar surface area (TPSA) is 109 Å². The van der Waals surface area contributed by atoms with E-state index in [0.29, 0.717) is 25.1 Å². The number of benzene rings is 1. The molecule has 2 aromatic rings. The Hall–Kier alpha value is -2.65. The van der Waals surface area contributed by atoms with Gasteiger partial charge in [0.15, 0.2) is 5.76 Å². The number of nitrogens with zero attached hydrogens (tertiary/aromatic N) is 1. The number of carbonyl (C=O) groups excluding carboxylic acids is 2. The average Bonchev–Trinajstić information content (AvgIpc) is 3.37. The molecule has 1 fully saturated rings. The van der Waals surface area contributed by atoms with Gasteiger partial charge < -0.3 is 15.1 Å². The van der Waals surface area contributed by atoms with E-state index < -0.39 is 16.1 Å². The van der Waals surface area contributed by atoms with Crippen LogP contribution in [0, 0.1) is 0 Å². The molecule has 1 unspecified atom stereocenters. The van der Waals surface area contributed by atoms with Gasteiger partial charge in [-0.2, -0.15) is 4.31 Å². The first-order chi connectivity index (χ1) is 14.4. The fourth-order valence-corrected chi connectivity index (χ4v) is 5.20. The normalized spacial score (nSPS) is 16.8. The Bertz CT molecular complexity index is 972. The van der Waals surface area contributed by atoms with Crippen LogP contribution in [0.2, 0.25) is 0 Å². The fraction of sp³-hybridized carbons (Fsp3) is 0.429. The zero-order valence-electron chi connectivity index (χ0n) is 17.0. The Morgan fingerprint density at radius 1 is 1.23 bits per heavy atom. The van der Waals surface area contributed by atoms with E-state index >= 15 is 0 Å². The summed E-state index contributed by atoms with van der Waals surface area (Å²) in [7, 11) is -3.37. The average molecular weight is 434 g/mol. The maximum absolute atomic E-state index is 12.8. The van der Waals surface area contributed by atoms with Gasteiger partial charge in [0, 0.05) is 18.8 Å². The number of carbonyl (C=O) groups is 2. The number of furan rings is 1. The van der Waals surface area contributed by atoms with Crippen LogP contribution in [-0.2, 0) is 21.4 Å². The van der Waals surface area contributed by atoms with E-state index in [4.69, 9.17) is 4.42 Å². The maximum Gasteiger partial charge on any atom is 0.291 e. The third kappa shape index (κ3) is 5.48. The van der Waals surface area contributed by atoms with Crippen LogP contribution in [0.1, 0.15) is 48.7 Å². The lowest BCUT2D eigenvalue weighted by Gasteiger charge is -2.25. The second-order valence-electron chi connectivity index (χ2n) is 7.29. The number of rotatable bonds is 9. The van der Waals surface area contributed by atoms with E-state index in [1.165, 1.54) is 10.6 Å². The van der Waals surface area contributed by atoms with Crippen molar-refractivity contribution in [1.29, 1.82) is 0 Å². The number of unbranched alkanes of at least 4 members (excludes halogenated alkanes) is 1. The molecule has 2 heterocycles. The molecule has 0 saturated carbocycles. The van der Waals surface area contributed by atoms with Crippen LogP contribution in [0.5, 0.6) is 0 Å². The number of amides is 2. The molecule has 1 atom stereocenters. The Kier molecular flexibility index (Phi) is 7.28. The van der Waals surface area contributed by atoms with Crippen LogP contribution < -0.4 is 10.6 Å². The zero-order chi connectivity index (χ0) is 21.6. The second-order valence-corrected chi connectivity index (χ2v) is 9.33. The molecule has 162 valence electrons. The highest BCUT2D eigenvalue weighted by atomic mass is 32.2. The summed E-state index contributed by atoms with van der Waals surface area (Å²) in [6, 6.07) is 9.63. The number of anilines is 1. The van der Waals surface area contributed by atoms with Gasteiger partial charge in [0.2, 0.25) is 15.9 Å². The van der Waals surface area contributed by atoms with Crippen molar-refractivity contribution < 1.29 is 22.4 Å². The maximum atomic E-state index is 12.8. The lowest BCUT2D eigenvalue weighted by Crippen LogP contribution is -2.47. The number of sulfonamides is 1. The molecular weight excluding hydrogens is 406 g/mol. The highest BCUT2D eigenvalue weighted by Crippen LogP contribution is 2.21. The van der Waals surface area contributed by atoms with Crippen molar-refractivity contribution in [2.45, 2.75) is 45.2 Å². The minimum atomic E-state index is -3.37. The summed E-state index contributed by atoms with van der Waals surface area (Å²) in [4.78, 5) is 24.9. The Morgan fingerprint density at radius 2 is 2.07 bits per heavy atom. The molecule has 0 spiro atoms. The predicted molar refractivity (Wildman–Crippen MR) is 113 cm³/mol. The molecule has 8 nitrogen and oxygen atoms in total. The zero-order valence-corrected chi connectivity index (χ0v) is 17.8. The summed E-state index contributed by atoms with van der Waals surface area (Å²) in [6.45, 7) is 2.63. The SMILES string of the molecule is CCCCC(C(=O)NCc1cccc(NC(=O)c2ccco2)c1)N1CCCS1(=O)=O. The van der Waals surface area contributed by atoms with Crippen LogP contribution in [-0.4, -0.2) is 42.9 Å². The van der Waals surface area contributed by atoms with Crippen LogP contribution in [0.3, 0.4) is 0 Å². The van der Waals surface area contributed by atoms with Crippen molar-refractivity contribution in [2.24, 2.45) is 0 Å². The lowest BCUT2D eigenvalue weighted by atomic mass is 10.1.